The van der Waals surface area contributed by atoms with Crippen LogP contribution in [-0.2, 0) is 16.0 Å². The summed E-state index contributed by atoms with van der Waals surface area (Å²) >= 11 is 0. The predicted octanol–water partition coefficient (Wildman–Crippen LogP) is 2.46. The van der Waals surface area contributed by atoms with Crippen LogP contribution in [0.3, 0.4) is 0 Å². The number of hydrogen-bond acceptors (Lipinski definition) is 4. The summed E-state index contributed by atoms with van der Waals surface area (Å²) in [6.45, 7) is 4.36. The normalized spacial score (nSPS) is 25.0. The fraction of sp³-hybridized carbons (Fsp3) is 0.529. The monoisotopic (exact) mass is 319 g/mol. The van der Waals surface area contributed by atoms with Gasteiger partial charge in [0.25, 0.3) is 0 Å². The molecule has 6 heteroatoms. The van der Waals surface area contributed by atoms with Crippen molar-refractivity contribution in [2.75, 3.05) is 11.9 Å². The summed E-state index contributed by atoms with van der Waals surface area (Å²) in [4.78, 5) is 23.4. The maximum absolute atomic E-state index is 12.4. The van der Waals surface area contributed by atoms with Gasteiger partial charge >= 0.3 is 5.97 Å². The third-order valence-electron chi connectivity index (χ3n) is 4.48. The van der Waals surface area contributed by atoms with E-state index in [1.807, 2.05) is 19.9 Å². The molecule has 1 saturated carbocycles. The van der Waals surface area contributed by atoms with Gasteiger partial charge in [-0.15, -0.1) is 0 Å². The molecule has 3 atom stereocenters. The summed E-state index contributed by atoms with van der Waals surface area (Å²) in [5, 5.41) is 11.9. The van der Waals surface area contributed by atoms with Crippen molar-refractivity contribution in [3.05, 3.63) is 17.7 Å². The van der Waals surface area contributed by atoms with Crippen LogP contribution in [-0.4, -0.2) is 29.7 Å². The van der Waals surface area contributed by atoms with Crippen molar-refractivity contribution in [1.82, 2.24) is 0 Å². The zero-order chi connectivity index (χ0) is 16.6. The van der Waals surface area contributed by atoms with Gasteiger partial charge in [-0.1, -0.05) is 0 Å². The highest BCUT2D eigenvalue weighted by Crippen LogP contribution is 2.40. The van der Waals surface area contributed by atoms with E-state index in [0.717, 1.165) is 17.7 Å². The van der Waals surface area contributed by atoms with E-state index in [9.17, 15) is 9.59 Å². The van der Waals surface area contributed by atoms with Gasteiger partial charge < -0.3 is 19.9 Å². The Balaban J connectivity index is 1.80. The fourth-order valence-corrected chi connectivity index (χ4v) is 3.15. The lowest BCUT2D eigenvalue weighted by Crippen LogP contribution is -2.41. The first-order chi connectivity index (χ1) is 11.0. The summed E-state index contributed by atoms with van der Waals surface area (Å²) in [5.41, 5.74) is 1.60. The standard InChI is InChI=1S/C17H21NO5/c1-3-22-15-7-10-6-9(2)23-14(10)8-13(15)18-16(19)11-4-5-12(11)17(20)21/h7-9,11-12H,3-6H2,1-2H3,(H,18,19)(H,20,21). The Morgan fingerprint density at radius 3 is 2.70 bits per heavy atom. The van der Waals surface area contributed by atoms with Crippen molar-refractivity contribution in [3.8, 4) is 11.5 Å². The number of carboxylic acids is 1. The Kier molecular flexibility index (Phi) is 4.15. The van der Waals surface area contributed by atoms with Crippen LogP contribution in [0.15, 0.2) is 12.1 Å². The summed E-state index contributed by atoms with van der Waals surface area (Å²) < 4.78 is 11.3. The lowest BCUT2D eigenvalue weighted by atomic mass is 9.73. The molecule has 3 rings (SSSR count). The second-order valence-electron chi connectivity index (χ2n) is 6.14. The molecule has 1 fully saturated rings. The first-order valence-electron chi connectivity index (χ1n) is 7.99. The van der Waals surface area contributed by atoms with Crippen LogP contribution in [0.4, 0.5) is 5.69 Å². The Bertz CT molecular complexity index is 642. The predicted molar refractivity (Wildman–Crippen MR) is 83.9 cm³/mol. The minimum atomic E-state index is -0.910. The Hall–Kier alpha value is -2.24. The van der Waals surface area contributed by atoms with Crippen LogP contribution < -0.4 is 14.8 Å². The highest BCUT2D eigenvalue weighted by molar-refractivity contribution is 5.97. The van der Waals surface area contributed by atoms with Gasteiger partial charge in [0.15, 0.2) is 0 Å². The van der Waals surface area contributed by atoms with Gasteiger partial charge in [-0.3, -0.25) is 9.59 Å². The van der Waals surface area contributed by atoms with Crippen LogP contribution in [0.5, 0.6) is 11.5 Å². The van der Waals surface area contributed by atoms with E-state index in [1.54, 1.807) is 6.07 Å². The van der Waals surface area contributed by atoms with Crippen molar-refractivity contribution < 1.29 is 24.2 Å². The molecule has 1 amide bonds. The number of benzene rings is 1. The van der Waals surface area contributed by atoms with Crippen LogP contribution in [0.2, 0.25) is 0 Å². The number of fused-ring (bicyclic) bond motifs is 1. The molecule has 0 spiro atoms. The molecule has 2 aliphatic rings. The number of ether oxygens (including phenoxy) is 2. The molecule has 1 heterocycles. The largest absolute Gasteiger partial charge is 0.492 e. The van der Waals surface area contributed by atoms with E-state index in [0.29, 0.717) is 30.9 Å². The number of carbonyl (C=O) groups excluding carboxylic acids is 1. The molecule has 6 nitrogen and oxygen atoms in total. The molecular weight excluding hydrogens is 298 g/mol. The van der Waals surface area contributed by atoms with Crippen LogP contribution >= 0.6 is 0 Å². The number of carboxylic acid groups (broad SMARTS) is 1. The number of carbonyl (C=O) groups is 2. The second-order valence-corrected chi connectivity index (χ2v) is 6.14. The third kappa shape index (κ3) is 2.98. The molecular formula is C17H21NO5. The molecule has 1 aliphatic heterocycles. The van der Waals surface area contributed by atoms with Crippen molar-refractivity contribution >= 4 is 17.6 Å². The van der Waals surface area contributed by atoms with Crippen LogP contribution in [0.1, 0.15) is 32.3 Å². The van der Waals surface area contributed by atoms with E-state index in [2.05, 4.69) is 5.32 Å². The number of rotatable bonds is 5. The summed E-state index contributed by atoms with van der Waals surface area (Å²) in [7, 11) is 0. The van der Waals surface area contributed by atoms with Crippen molar-refractivity contribution in [2.24, 2.45) is 11.8 Å². The molecule has 0 aromatic heterocycles. The molecule has 1 aromatic rings. The maximum Gasteiger partial charge on any atom is 0.307 e. The summed E-state index contributed by atoms with van der Waals surface area (Å²) in [5.74, 6) is -0.891. The zero-order valence-corrected chi connectivity index (χ0v) is 13.3. The Labute approximate surface area is 134 Å². The van der Waals surface area contributed by atoms with Crippen LogP contribution in [0, 0.1) is 11.8 Å². The van der Waals surface area contributed by atoms with Crippen molar-refractivity contribution in [1.29, 1.82) is 0 Å². The maximum atomic E-state index is 12.4. The van der Waals surface area contributed by atoms with Gasteiger partial charge in [0.2, 0.25) is 5.91 Å². The molecule has 2 N–H and O–H groups in total. The molecule has 0 radical (unpaired) electrons. The zero-order valence-electron chi connectivity index (χ0n) is 13.3. The van der Waals surface area contributed by atoms with E-state index in [-0.39, 0.29) is 12.0 Å². The van der Waals surface area contributed by atoms with E-state index >= 15 is 0 Å². The number of hydrogen-bond donors (Lipinski definition) is 2. The number of anilines is 1. The third-order valence-corrected chi connectivity index (χ3v) is 4.48. The van der Waals surface area contributed by atoms with Gasteiger partial charge in [-0.25, -0.2) is 0 Å². The number of nitrogens with one attached hydrogen (secondary N) is 1. The SMILES string of the molecule is CCOc1cc2c(cc1NC(=O)C1CCC1C(=O)O)OC(C)C2. The molecule has 0 bridgehead atoms. The van der Waals surface area contributed by atoms with Gasteiger partial charge in [0.1, 0.15) is 17.6 Å². The Morgan fingerprint density at radius 2 is 2.09 bits per heavy atom. The first-order valence-corrected chi connectivity index (χ1v) is 7.99. The highest BCUT2D eigenvalue weighted by Gasteiger charge is 2.41. The molecule has 124 valence electrons. The molecule has 1 aliphatic carbocycles. The molecule has 0 saturated heterocycles. The summed E-state index contributed by atoms with van der Waals surface area (Å²) in [6, 6.07) is 3.67. The lowest BCUT2D eigenvalue weighted by molar-refractivity contribution is -0.151. The van der Waals surface area contributed by atoms with Crippen molar-refractivity contribution in [2.45, 2.75) is 39.2 Å². The summed E-state index contributed by atoms with van der Waals surface area (Å²) in [6.07, 6.45) is 2.07. The molecule has 3 unspecified atom stereocenters. The minimum absolute atomic E-state index is 0.105. The minimum Gasteiger partial charge on any atom is -0.492 e. The van der Waals surface area contributed by atoms with Crippen molar-refractivity contribution in [3.63, 3.8) is 0 Å². The van der Waals surface area contributed by atoms with Gasteiger partial charge in [-0.05, 0) is 32.8 Å². The topological polar surface area (TPSA) is 84.9 Å². The van der Waals surface area contributed by atoms with Gasteiger partial charge in [0.05, 0.1) is 24.1 Å². The van der Waals surface area contributed by atoms with E-state index < -0.39 is 17.8 Å². The average Bonchev–Trinajstić information content (AvgIpc) is 2.76. The second kappa shape index (κ2) is 6.10. The smallest absolute Gasteiger partial charge is 0.307 e. The van der Waals surface area contributed by atoms with E-state index in [1.165, 1.54) is 0 Å². The highest BCUT2D eigenvalue weighted by atomic mass is 16.5. The first kappa shape index (κ1) is 15.6. The number of aliphatic carboxylic acids is 1. The fourth-order valence-electron chi connectivity index (χ4n) is 3.15. The molecule has 23 heavy (non-hydrogen) atoms. The van der Waals surface area contributed by atoms with E-state index in [4.69, 9.17) is 14.6 Å². The number of amides is 1. The van der Waals surface area contributed by atoms with Gasteiger partial charge in [-0.2, -0.15) is 0 Å². The lowest BCUT2D eigenvalue weighted by Gasteiger charge is -2.32. The van der Waals surface area contributed by atoms with Gasteiger partial charge in [0, 0.05) is 18.1 Å². The van der Waals surface area contributed by atoms with Crippen LogP contribution in [0.25, 0.3) is 0 Å². The quantitative estimate of drug-likeness (QED) is 0.871. The molecule has 1 aromatic carbocycles. The Morgan fingerprint density at radius 1 is 1.35 bits per heavy atom. The average molecular weight is 319 g/mol.